The number of nitrogens with zero attached hydrogens (tertiary/aromatic N) is 2. The van der Waals surface area contributed by atoms with Crippen molar-refractivity contribution in [1.82, 2.24) is 4.57 Å². The molecule has 11 aromatic carbocycles. The molecule has 1 spiro atoms. The summed E-state index contributed by atoms with van der Waals surface area (Å²) in [6.45, 7) is 14.1. The van der Waals surface area contributed by atoms with Gasteiger partial charge in [-0.15, -0.1) is 0 Å². The molecular formula is C76H60N2S. The van der Waals surface area contributed by atoms with E-state index in [9.17, 15) is 0 Å². The first-order chi connectivity index (χ1) is 38.4. The number of hydrogen-bond donors (Lipinski definition) is 0. The van der Waals surface area contributed by atoms with Crippen molar-refractivity contribution in [2.75, 3.05) is 4.90 Å². The standard InChI is InChI=1S/C76H60N2S/c1-73(2,3)51-36-42-71-67(44-51)76(68-45-52(74(4,5)6)37-43-72(68)79-71)64-33-18-14-29-58(64)60-41-39-56(48-66(60)76)77(53-26-21-27-54(46-53)78-69-34-19-15-30-61(69)62-31-16-20-35-70(62)78)55-38-40-59-57-28-13-17-32-63(57)75(65(59)47-55,49-22-9-7-10-23-49)50-24-11-8-12-25-50/h7-48H,1-6H3. The molecule has 0 N–H and O–H groups in total. The van der Waals surface area contributed by atoms with E-state index in [0.717, 1.165) is 22.7 Å². The lowest BCUT2D eigenvalue weighted by molar-refractivity contribution is 0.581. The van der Waals surface area contributed by atoms with Gasteiger partial charge in [-0.2, -0.15) is 0 Å². The Morgan fingerprint density at radius 2 is 0.759 bits per heavy atom. The predicted molar refractivity (Wildman–Crippen MR) is 332 cm³/mol. The summed E-state index contributed by atoms with van der Waals surface area (Å²) in [6, 6.07) is 97.0. The third-order valence-corrected chi connectivity index (χ3v) is 18.8. The summed E-state index contributed by atoms with van der Waals surface area (Å²) in [7, 11) is 0. The first kappa shape index (κ1) is 47.6. The first-order valence-corrected chi connectivity index (χ1v) is 28.7. The van der Waals surface area contributed by atoms with Gasteiger partial charge in [-0.3, -0.25) is 0 Å². The molecule has 1 aliphatic heterocycles. The molecule has 15 rings (SSSR count). The molecule has 3 aliphatic rings. The van der Waals surface area contributed by atoms with Crippen LogP contribution >= 0.6 is 11.8 Å². The van der Waals surface area contributed by atoms with E-state index in [4.69, 9.17) is 0 Å². The van der Waals surface area contributed by atoms with E-state index in [1.807, 2.05) is 11.8 Å². The fourth-order valence-corrected chi connectivity index (χ4v) is 15.2. The highest BCUT2D eigenvalue weighted by atomic mass is 32.2. The van der Waals surface area contributed by atoms with Crippen molar-refractivity contribution in [2.45, 2.75) is 73.0 Å². The minimum Gasteiger partial charge on any atom is -0.310 e. The lowest BCUT2D eigenvalue weighted by Crippen LogP contribution is -2.33. The van der Waals surface area contributed by atoms with Crippen molar-refractivity contribution in [3.8, 4) is 27.9 Å². The molecule has 1 aromatic heterocycles. The average Bonchev–Trinajstić information content (AvgIpc) is 3.01. The van der Waals surface area contributed by atoms with Gasteiger partial charge in [0.05, 0.1) is 21.9 Å². The van der Waals surface area contributed by atoms with Gasteiger partial charge >= 0.3 is 0 Å². The monoisotopic (exact) mass is 1030 g/mol. The molecule has 380 valence electrons. The zero-order chi connectivity index (χ0) is 53.4. The number of para-hydroxylation sites is 2. The molecule has 79 heavy (non-hydrogen) atoms. The third-order valence-electron chi connectivity index (χ3n) is 17.6. The van der Waals surface area contributed by atoms with Gasteiger partial charge in [0, 0.05) is 43.3 Å². The topological polar surface area (TPSA) is 8.17 Å². The van der Waals surface area contributed by atoms with Crippen LogP contribution in [0.2, 0.25) is 0 Å². The van der Waals surface area contributed by atoms with Crippen LogP contribution < -0.4 is 4.90 Å². The zero-order valence-electron chi connectivity index (χ0n) is 45.6. The smallest absolute Gasteiger partial charge is 0.0736 e. The van der Waals surface area contributed by atoms with Crippen LogP contribution in [0.15, 0.2) is 265 Å². The molecule has 0 amide bonds. The Kier molecular flexibility index (Phi) is 10.5. The molecule has 0 saturated heterocycles. The Balaban J connectivity index is 1.04. The van der Waals surface area contributed by atoms with Crippen molar-refractivity contribution in [2.24, 2.45) is 0 Å². The van der Waals surface area contributed by atoms with Gasteiger partial charge in [0.1, 0.15) is 0 Å². The normalized spacial score (nSPS) is 14.4. The Labute approximate surface area is 468 Å². The Morgan fingerprint density at radius 3 is 1.28 bits per heavy atom. The summed E-state index contributed by atoms with van der Waals surface area (Å²) in [5.41, 5.74) is 23.7. The Morgan fingerprint density at radius 1 is 0.329 bits per heavy atom. The van der Waals surface area contributed by atoms with Crippen LogP contribution in [0.5, 0.6) is 0 Å². The number of rotatable bonds is 6. The van der Waals surface area contributed by atoms with Gasteiger partial charge in [-0.25, -0.2) is 0 Å². The quantitative estimate of drug-likeness (QED) is 0.164. The highest BCUT2D eigenvalue weighted by Crippen LogP contribution is 2.64. The molecule has 0 bridgehead atoms. The molecule has 2 nitrogen and oxygen atoms in total. The van der Waals surface area contributed by atoms with Crippen LogP contribution in [0.1, 0.15) is 97.2 Å². The molecule has 0 atom stereocenters. The molecule has 0 fully saturated rings. The summed E-state index contributed by atoms with van der Waals surface area (Å²) < 4.78 is 2.45. The van der Waals surface area contributed by atoms with E-state index in [1.165, 1.54) is 109 Å². The Hall–Kier alpha value is -8.63. The second kappa shape index (κ2) is 17.4. The minimum atomic E-state index is -0.605. The molecular weight excluding hydrogens is 973 g/mol. The molecule has 0 saturated carbocycles. The second-order valence-electron chi connectivity index (χ2n) is 24.0. The number of aromatic nitrogens is 1. The molecule has 0 unspecified atom stereocenters. The van der Waals surface area contributed by atoms with Crippen LogP contribution in [-0.4, -0.2) is 4.57 Å². The number of fused-ring (bicyclic) bond motifs is 15. The number of hydrogen-bond acceptors (Lipinski definition) is 2. The molecule has 3 heteroatoms. The summed E-state index contributed by atoms with van der Waals surface area (Å²) in [6.07, 6.45) is 0. The first-order valence-electron chi connectivity index (χ1n) is 27.9. The fourth-order valence-electron chi connectivity index (χ4n) is 14.0. The maximum absolute atomic E-state index is 2.57. The van der Waals surface area contributed by atoms with Gasteiger partial charge in [0.2, 0.25) is 0 Å². The van der Waals surface area contributed by atoms with E-state index in [-0.39, 0.29) is 10.8 Å². The largest absolute Gasteiger partial charge is 0.310 e. The van der Waals surface area contributed by atoms with E-state index in [2.05, 4.69) is 306 Å². The SMILES string of the molecule is CC(C)(C)c1ccc2c(c1)C1(c3cc(C(C)(C)C)ccc3S2)c2ccccc2-c2ccc(N(c3cccc(-n4c5ccccc5c5ccccc54)c3)c3ccc4c(c3)C(c3ccccc3)(c3ccccc3)c3ccccc3-4)cc21. The second-order valence-corrected chi connectivity index (χ2v) is 25.1. The van der Waals surface area contributed by atoms with Crippen LogP contribution in [0.3, 0.4) is 0 Å². The van der Waals surface area contributed by atoms with Crippen LogP contribution in [-0.2, 0) is 21.7 Å². The van der Waals surface area contributed by atoms with E-state index in [0.29, 0.717) is 0 Å². The average molecular weight is 1030 g/mol. The number of anilines is 3. The summed E-state index contributed by atoms with van der Waals surface area (Å²) in [4.78, 5) is 5.17. The number of benzene rings is 11. The van der Waals surface area contributed by atoms with Crippen LogP contribution in [0.25, 0.3) is 49.7 Å². The molecule has 2 aliphatic carbocycles. The highest BCUT2D eigenvalue weighted by Gasteiger charge is 2.52. The fraction of sp³-hybridized carbons (Fsp3) is 0.132. The van der Waals surface area contributed by atoms with Gasteiger partial charge in [-0.1, -0.05) is 241 Å². The summed E-state index contributed by atoms with van der Waals surface area (Å²) >= 11 is 1.93. The van der Waals surface area contributed by atoms with Crippen molar-refractivity contribution >= 4 is 50.6 Å². The summed E-state index contributed by atoms with van der Waals surface area (Å²) in [5, 5.41) is 2.49. The molecule has 12 aromatic rings. The minimum absolute atomic E-state index is 0.0582. The highest BCUT2D eigenvalue weighted by molar-refractivity contribution is 7.99. The maximum atomic E-state index is 2.57. The molecule has 2 heterocycles. The van der Waals surface area contributed by atoms with Crippen molar-refractivity contribution in [1.29, 1.82) is 0 Å². The van der Waals surface area contributed by atoms with Crippen molar-refractivity contribution in [3.05, 3.63) is 310 Å². The van der Waals surface area contributed by atoms with E-state index in [1.54, 1.807) is 0 Å². The predicted octanol–water partition coefficient (Wildman–Crippen LogP) is 20.0. The summed E-state index contributed by atoms with van der Waals surface area (Å²) in [5.74, 6) is 0. The lowest BCUT2D eigenvalue weighted by Gasteiger charge is -2.41. The van der Waals surface area contributed by atoms with Crippen LogP contribution in [0, 0.1) is 0 Å². The van der Waals surface area contributed by atoms with E-state index < -0.39 is 10.8 Å². The molecule has 0 radical (unpaired) electrons. The van der Waals surface area contributed by atoms with Gasteiger partial charge in [0.15, 0.2) is 0 Å². The maximum Gasteiger partial charge on any atom is 0.0736 e. The van der Waals surface area contributed by atoms with Gasteiger partial charge < -0.3 is 9.47 Å². The third kappa shape index (κ3) is 6.92. The zero-order valence-corrected chi connectivity index (χ0v) is 46.4. The van der Waals surface area contributed by atoms with Crippen molar-refractivity contribution < 1.29 is 0 Å². The van der Waals surface area contributed by atoms with Crippen molar-refractivity contribution in [3.63, 3.8) is 0 Å². The van der Waals surface area contributed by atoms with Crippen LogP contribution in [0.4, 0.5) is 17.1 Å². The van der Waals surface area contributed by atoms with Gasteiger partial charge in [-0.05, 0) is 155 Å². The Bertz CT molecular complexity index is 4280. The van der Waals surface area contributed by atoms with Gasteiger partial charge in [0.25, 0.3) is 0 Å². The van der Waals surface area contributed by atoms with E-state index >= 15 is 0 Å². The lowest BCUT2D eigenvalue weighted by atomic mass is 9.65.